The number of methoxy groups -OCH3 is 2. The summed E-state index contributed by atoms with van der Waals surface area (Å²) in [5.74, 6) is 1.72. The van der Waals surface area contributed by atoms with E-state index < -0.39 is 11.9 Å². The zero-order chi connectivity index (χ0) is 24.8. The molecule has 0 saturated heterocycles. The third-order valence-electron chi connectivity index (χ3n) is 5.22. The van der Waals surface area contributed by atoms with E-state index >= 15 is 0 Å². The van der Waals surface area contributed by atoms with Crippen molar-refractivity contribution in [3.05, 3.63) is 78.7 Å². The molecular weight excluding hydrogens is 455 g/mol. The highest BCUT2D eigenvalue weighted by molar-refractivity contribution is 5.88. The quantitative estimate of drug-likeness (QED) is 0.328. The number of pyridine rings is 1. The summed E-state index contributed by atoms with van der Waals surface area (Å²) in [6.45, 7) is 0.000274. The number of aromatic nitrogens is 1. The van der Waals surface area contributed by atoms with Crippen LogP contribution in [0.3, 0.4) is 0 Å². The maximum absolute atomic E-state index is 13.7. The lowest BCUT2D eigenvalue weighted by Crippen LogP contribution is -2.33. The molecule has 0 radical (unpaired) electrons. The molecule has 4 rings (SSSR count). The summed E-state index contributed by atoms with van der Waals surface area (Å²) in [5, 5.41) is 10.4. The van der Waals surface area contributed by atoms with Crippen molar-refractivity contribution >= 4 is 22.7 Å². The second kappa shape index (κ2) is 10.6. The monoisotopic (exact) mass is 478 g/mol. The highest BCUT2D eigenvalue weighted by Gasteiger charge is 2.16. The molecule has 1 heterocycles. The molecule has 0 aliphatic rings. The number of fused-ring (bicyclic) bond motifs is 1. The van der Waals surface area contributed by atoms with Gasteiger partial charge in [0.15, 0.2) is 23.1 Å². The summed E-state index contributed by atoms with van der Waals surface area (Å²) < 4.78 is 35.9. The molecule has 9 heteroatoms. The highest BCUT2D eigenvalue weighted by atomic mass is 19.1. The van der Waals surface area contributed by atoms with E-state index in [-0.39, 0.29) is 18.9 Å². The largest absolute Gasteiger partial charge is 0.493 e. The van der Waals surface area contributed by atoms with Crippen molar-refractivity contribution in [2.75, 3.05) is 32.3 Å². The van der Waals surface area contributed by atoms with Gasteiger partial charge in [-0.3, -0.25) is 9.88 Å². The summed E-state index contributed by atoms with van der Waals surface area (Å²) in [6, 6.07) is 17.8. The number of hydrogen-bond acceptors (Lipinski definition) is 6. The SMILES string of the molecule is COc1cc2nccc(Oc3ccc(N(CCOc4ccccc4F)C(=O)O)cc3)c2cc1OC. The van der Waals surface area contributed by atoms with E-state index in [1.165, 1.54) is 12.1 Å². The van der Waals surface area contributed by atoms with E-state index in [1.807, 2.05) is 0 Å². The highest BCUT2D eigenvalue weighted by Crippen LogP contribution is 2.37. The minimum Gasteiger partial charge on any atom is -0.493 e. The number of carbonyl (C=O) groups is 1. The molecule has 0 atom stereocenters. The normalized spacial score (nSPS) is 10.6. The van der Waals surface area contributed by atoms with Crippen LogP contribution in [0.25, 0.3) is 10.9 Å². The average molecular weight is 478 g/mol. The Hall–Kier alpha value is -4.53. The van der Waals surface area contributed by atoms with E-state index in [0.29, 0.717) is 34.2 Å². The fourth-order valence-electron chi connectivity index (χ4n) is 3.50. The molecule has 4 aromatic rings. The maximum atomic E-state index is 13.7. The van der Waals surface area contributed by atoms with Gasteiger partial charge in [0, 0.05) is 23.3 Å². The number of hydrogen-bond donors (Lipinski definition) is 1. The molecule has 0 bridgehead atoms. The Morgan fingerprint density at radius 3 is 2.34 bits per heavy atom. The van der Waals surface area contributed by atoms with Gasteiger partial charge in [0.05, 0.1) is 26.3 Å². The summed E-state index contributed by atoms with van der Waals surface area (Å²) in [7, 11) is 3.10. The lowest BCUT2D eigenvalue weighted by molar-refractivity contribution is 0.199. The molecular formula is C26H23FN2O6. The number of nitrogens with zero attached hydrogens (tertiary/aromatic N) is 2. The van der Waals surface area contributed by atoms with Crippen molar-refractivity contribution in [2.24, 2.45) is 0 Å². The summed E-state index contributed by atoms with van der Waals surface area (Å²) in [4.78, 5) is 17.3. The lowest BCUT2D eigenvalue weighted by atomic mass is 10.2. The number of amides is 1. The van der Waals surface area contributed by atoms with Crippen LogP contribution in [0.1, 0.15) is 0 Å². The van der Waals surface area contributed by atoms with Crippen molar-refractivity contribution in [3.63, 3.8) is 0 Å². The van der Waals surface area contributed by atoms with Crippen LogP contribution in [0.5, 0.6) is 28.7 Å². The summed E-state index contributed by atoms with van der Waals surface area (Å²) in [6.07, 6.45) is 0.469. The van der Waals surface area contributed by atoms with Crippen molar-refractivity contribution in [3.8, 4) is 28.7 Å². The van der Waals surface area contributed by atoms with Gasteiger partial charge < -0.3 is 24.1 Å². The lowest BCUT2D eigenvalue weighted by Gasteiger charge is -2.20. The first-order valence-electron chi connectivity index (χ1n) is 10.7. The minimum absolute atomic E-state index is 0.0141. The molecule has 1 N–H and O–H groups in total. The molecule has 0 aliphatic carbocycles. The predicted molar refractivity (Wildman–Crippen MR) is 129 cm³/mol. The summed E-state index contributed by atoms with van der Waals surface area (Å²) in [5.41, 5.74) is 1.09. The van der Waals surface area contributed by atoms with Crippen molar-refractivity contribution in [2.45, 2.75) is 0 Å². The minimum atomic E-state index is -1.16. The number of rotatable bonds is 9. The second-order valence-electron chi connectivity index (χ2n) is 7.34. The number of benzene rings is 3. The molecule has 1 aromatic heterocycles. The van der Waals surface area contributed by atoms with Crippen LogP contribution in [0.15, 0.2) is 72.9 Å². The standard InChI is InChI=1S/C26H23FN2O6/c1-32-24-15-19-21(16-25(24)33-2)28-12-11-22(19)35-18-9-7-17(8-10-18)29(26(30)31)13-14-34-23-6-4-3-5-20(23)27/h3-12,15-16H,13-14H2,1-2H3,(H,30,31). The zero-order valence-electron chi connectivity index (χ0n) is 19.1. The van der Waals surface area contributed by atoms with Gasteiger partial charge in [-0.1, -0.05) is 12.1 Å². The molecule has 8 nitrogen and oxygen atoms in total. The van der Waals surface area contributed by atoms with E-state index in [9.17, 15) is 14.3 Å². The third-order valence-corrected chi connectivity index (χ3v) is 5.22. The number of ether oxygens (including phenoxy) is 4. The first-order valence-corrected chi connectivity index (χ1v) is 10.7. The predicted octanol–water partition coefficient (Wildman–Crippen LogP) is 5.75. The number of halogens is 1. The molecule has 0 aliphatic heterocycles. The second-order valence-corrected chi connectivity index (χ2v) is 7.34. The Bertz CT molecular complexity index is 1330. The Morgan fingerprint density at radius 2 is 1.66 bits per heavy atom. The Kier molecular flexibility index (Phi) is 7.15. The molecule has 35 heavy (non-hydrogen) atoms. The fourth-order valence-corrected chi connectivity index (χ4v) is 3.50. The van der Waals surface area contributed by atoms with Gasteiger partial charge in [-0.25, -0.2) is 9.18 Å². The fraction of sp³-hybridized carbons (Fsp3) is 0.154. The molecule has 0 fully saturated rings. The molecule has 3 aromatic carbocycles. The van der Waals surface area contributed by atoms with Gasteiger partial charge in [-0.2, -0.15) is 0 Å². The van der Waals surface area contributed by atoms with Crippen molar-refractivity contribution in [1.29, 1.82) is 0 Å². The first kappa shape index (κ1) is 23.6. The first-order chi connectivity index (χ1) is 17.0. The molecule has 1 amide bonds. The molecule has 0 saturated carbocycles. The van der Waals surface area contributed by atoms with Crippen LogP contribution < -0.4 is 23.8 Å². The topological polar surface area (TPSA) is 90.4 Å². The van der Waals surface area contributed by atoms with Crippen LogP contribution >= 0.6 is 0 Å². The van der Waals surface area contributed by atoms with Gasteiger partial charge in [0.2, 0.25) is 0 Å². The van der Waals surface area contributed by atoms with E-state index in [0.717, 1.165) is 10.3 Å². The van der Waals surface area contributed by atoms with Crippen molar-refractivity contribution in [1.82, 2.24) is 4.98 Å². The Morgan fingerprint density at radius 1 is 0.943 bits per heavy atom. The molecule has 0 spiro atoms. The van der Waals surface area contributed by atoms with Gasteiger partial charge in [0.1, 0.15) is 18.1 Å². The molecule has 0 unspecified atom stereocenters. The van der Waals surface area contributed by atoms with Crippen LogP contribution in [-0.4, -0.2) is 43.6 Å². The van der Waals surface area contributed by atoms with Gasteiger partial charge in [-0.05, 0) is 48.5 Å². The van der Waals surface area contributed by atoms with E-state index in [4.69, 9.17) is 18.9 Å². The average Bonchev–Trinajstić information content (AvgIpc) is 2.87. The third kappa shape index (κ3) is 5.35. The van der Waals surface area contributed by atoms with E-state index in [2.05, 4.69) is 4.98 Å². The Balaban J connectivity index is 1.49. The summed E-state index contributed by atoms with van der Waals surface area (Å²) >= 11 is 0. The van der Waals surface area contributed by atoms with Gasteiger partial charge in [0.25, 0.3) is 0 Å². The van der Waals surface area contributed by atoms with Crippen LogP contribution in [0.2, 0.25) is 0 Å². The maximum Gasteiger partial charge on any atom is 0.411 e. The van der Waals surface area contributed by atoms with Crippen LogP contribution in [0, 0.1) is 5.82 Å². The van der Waals surface area contributed by atoms with Crippen LogP contribution in [0.4, 0.5) is 14.9 Å². The smallest absolute Gasteiger partial charge is 0.411 e. The van der Waals surface area contributed by atoms with Crippen molar-refractivity contribution < 1.29 is 33.2 Å². The van der Waals surface area contributed by atoms with Crippen LogP contribution in [-0.2, 0) is 0 Å². The molecule has 180 valence electrons. The number of para-hydroxylation sites is 1. The van der Waals surface area contributed by atoms with Gasteiger partial charge >= 0.3 is 6.09 Å². The Labute approximate surface area is 201 Å². The van der Waals surface area contributed by atoms with Gasteiger partial charge in [-0.15, -0.1) is 0 Å². The number of anilines is 1. The van der Waals surface area contributed by atoms with E-state index in [1.54, 1.807) is 75.0 Å². The number of carboxylic acid groups (broad SMARTS) is 1. The zero-order valence-corrected chi connectivity index (χ0v) is 19.1.